The van der Waals surface area contributed by atoms with Crippen LogP contribution < -0.4 is 4.74 Å². The molecule has 0 bridgehead atoms. The summed E-state index contributed by atoms with van der Waals surface area (Å²) >= 11 is 0. The highest BCUT2D eigenvalue weighted by atomic mass is 16.5. The summed E-state index contributed by atoms with van der Waals surface area (Å²) in [6.45, 7) is 5.73. The topological polar surface area (TPSA) is 44.1 Å². The van der Waals surface area contributed by atoms with E-state index >= 15 is 0 Å². The highest BCUT2D eigenvalue weighted by molar-refractivity contribution is 6.02. The van der Waals surface area contributed by atoms with Gasteiger partial charge in [0.05, 0.1) is 5.56 Å². The fraction of sp³-hybridized carbons (Fsp3) is 0.143. The Morgan fingerprint density at radius 3 is 2.06 bits per heavy atom. The van der Waals surface area contributed by atoms with Crippen LogP contribution in [0.15, 0.2) is 72.9 Å². The zero-order valence-corrected chi connectivity index (χ0v) is 18.6. The van der Waals surface area contributed by atoms with Crippen molar-refractivity contribution >= 4 is 17.1 Å². The lowest BCUT2D eigenvalue weighted by Crippen LogP contribution is -2.08. The van der Waals surface area contributed by atoms with Crippen molar-refractivity contribution in [3.05, 3.63) is 106 Å². The molecule has 0 saturated carbocycles. The van der Waals surface area contributed by atoms with Gasteiger partial charge in [-0.3, -0.25) is 9.48 Å². The molecule has 0 N–H and O–H groups in total. The Labute approximate surface area is 187 Å². The molecule has 0 radical (unpaired) electrons. The molecule has 4 aromatic rings. The molecule has 0 atom stereocenters. The maximum absolute atomic E-state index is 11.8. The zero-order valence-electron chi connectivity index (χ0n) is 18.6. The molecule has 158 valence electrons. The van der Waals surface area contributed by atoms with E-state index in [4.69, 9.17) is 9.84 Å². The quantitative estimate of drug-likeness (QED) is 0.370. The van der Waals surface area contributed by atoms with Crippen LogP contribution in [0.2, 0.25) is 0 Å². The van der Waals surface area contributed by atoms with Crippen molar-refractivity contribution in [2.45, 2.75) is 20.8 Å². The van der Waals surface area contributed by atoms with Crippen LogP contribution in [0, 0.1) is 13.8 Å². The van der Waals surface area contributed by atoms with E-state index in [2.05, 4.69) is 50.2 Å². The third-order valence-corrected chi connectivity index (χ3v) is 5.82. The van der Waals surface area contributed by atoms with Gasteiger partial charge in [0.25, 0.3) is 0 Å². The highest BCUT2D eigenvalue weighted by Crippen LogP contribution is 2.45. The van der Waals surface area contributed by atoms with E-state index in [0.717, 1.165) is 50.6 Å². The maximum Gasteiger partial charge on any atom is 0.159 e. The van der Waals surface area contributed by atoms with Crippen LogP contribution in [0.25, 0.3) is 22.6 Å². The van der Waals surface area contributed by atoms with Crippen molar-refractivity contribution in [1.82, 2.24) is 9.78 Å². The van der Waals surface area contributed by atoms with E-state index in [9.17, 15) is 4.79 Å². The van der Waals surface area contributed by atoms with Crippen LogP contribution in [0.1, 0.15) is 45.1 Å². The number of aromatic nitrogens is 2. The first-order valence-electron chi connectivity index (χ1n) is 10.7. The fourth-order valence-corrected chi connectivity index (χ4v) is 4.14. The number of Topliss-reactive ketones (excluding diaryl/α,β-unsaturated/α-hetero) is 1. The standard InChI is InChI=1S/C28H24N2O2/c1-17-5-8-21(9-6-17)26(22-12-10-20(11-13-22)19(3)31)28-24-16-30(4)29-27(24)23-15-18(2)7-14-25(23)32-28/h5-16H,1-4H3. The lowest BCUT2D eigenvalue weighted by atomic mass is 9.91. The number of hydrogen-bond donors (Lipinski definition) is 0. The fourth-order valence-electron chi connectivity index (χ4n) is 4.14. The largest absolute Gasteiger partial charge is 0.455 e. The number of carbonyl (C=O) groups is 1. The molecule has 0 spiro atoms. The lowest BCUT2D eigenvalue weighted by Gasteiger charge is -2.23. The molecule has 1 aromatic heterocycles. The van der Waals surface area contributed by atoms with Gasteiger partial charge in [-0.05, 0) is 44.0 Å². The molecule has 5 rings (SSSR count). The Bertz CT molecular complexity index is 1370. The van der Waals surface area contributed by atoms with E-state index in [-0.39, 0.29) is 5.78 Å². The average molecular weight is 421 g/mol. The molecule has 0 aliphatic carbocycles. The average Bonchev–Trinajstić information content (AvgIpc) is 3.18. The number of ether oxygens (including phenoxy) is 1. The molecule has 1 aliphatic heterocycles. The van der Waals surface area contributed by atoms with Crippen molar-refractivity contribution in [2.75, 3.05) is 0 Å². The highest BCUT2D eigenvalue weighted by Gasteiger charge is 2.28. The van der Waals surface area contributed by atoms with E-state index in [1.54, 1.807) is 6.92 Å². The van der Waals surface area contributed by atoms with Crippen molar-refractivity contribution in [3.63, 3.8) is 0 Å². The normalized spacial score (nSPS) is 13.8. The van der Waals surface area contributed by atoms with Crippen LogP contribution in [0.5, 0.6) is 5.75 Å². The first-order valence-corrected chi connectivity index (χ1v) is 10.7. The van der Waals surface area contributed by atoms with Gasteiger partial charge in [0, 0.05) is 29.9 Å². The Kier molecular flexibility index (Phi) is 4.78. The molecule has 0 unspecified atom stereocenters. The summed E-state index contributed by atoms with van der Waals surface area (Å²) in [5.41, 5.74) is 8.92. The molecular weight excluding hydrogens is 396 g/mol. The summed E-state index contributed by atoms with van der Waals surface area (Å²) in [4.78, 5) is 11.8. The summed E-state index contributed by atoms with van der Waals surface area (Å²) < 4.78 is 8.40. The van der Waals surface area contributed by atoms with Gasteiger partial charge in [0.2, 0.25) is 0 Å². The van der Waals surface area contributed by atoms with Gasteiger partial charge >= 0.3 is 0 Å². The lowest BCUT2D eigenvalue weighted by molar-refractivity contribution is 0.101. The van der Waals surface area contributed by atoms with Gasteiger partial charge in [0.15, 0.2) is 5.78 Å². The first kappa shape index (κ1) is 20.0. The van der Waals surface area contributed by atoms with Gasteiger partial charge in [0.1, 0.15) is 17.2 Å². The molecule has 2 heterocycles. The second-order valence-electron chi connectivity index (χ2n) is 8.37. The predicted octanol–water partition coefficient (Wildman–Crippen LogP) is 6.22. The summed E-state index contributed by atoms with van der Waals surface area (Å²) in [5, 5.41) is 4.76. The van der Waals surface area contributed by atoms with Gasteiger partial charge in [-0.2, -0.15) is 5.10 Å². The van der Waals surface area contributed by atoms with Crippen molar-refractivity contribution in [3.8, 4) is 17.0 Å². The van der Waals surface area contributed by atoms with Crippen molar-refractivity contribution in [1.29, 1.82) is 0 Å². The van der Waals surface area contributed by atoms with E-state index in [1.807, 2.05) is 48.3 Å². The smallest absolute Gasteiger partial charge is 0.159 e. The minimum atomic E-state index is 0.0499. The number of fused-ring (bicyclic) bond motifs is 3. The zero-order chi connectivity index (χ0) is 22.4. The molecule has 0 amide bonds. The van der Waals surface area contributed by atoms with Crippen LogP contribution in [-0.2, 0) is 7.05 Å². The van der Waals surface area contributed by atoms with Crippen LogP contribution in [0.4, 0.5) is 0 Å². The van der Waals surface area contributed by atoms with Crippen LogP contribution in [0.3, 0.4) is 0 Å². The molecular formula is C28H24N2O2. The number of carbonyl (C=O) groups excluding carboxylic acids is 1. The maximum atomic E-state index is 11.8. The minimum Gasteiger partial charge on any atom is -0.455 e. The van der Waals surface area contributed by atoms with E-state index in [1.165, 1.54) is 5.56 Å². The first-order chi connectivity index (χ1) is 15.4. The van der Waals surface area contributed by atoms with Gasteiger partial charge < -0.3 is 4.74 Å². The molecule has 4 heteroatoms. The summed E-state index contributed by atoms with van der Waals surface area (Å²) in [6, 6.07) is 22.3. The molecule has 4 nitrogen and oxygen atoms in total. The summed E-state index contributed by atoms with van der Waals surface area (Å²) in [6.07, 6.45) is 2.01. The number of rotatable bonds is 3. The number of nitrogens with zero attached hydrogens (tertiary/aromatic N) is 2. The number of aryl methyl sites for hydroxylation is 3. The Morgan fingerprint density at radius 2 is 1.41 bits per heavy atom. The summed E-state index contributed by atoms with van der Waals surface area (Å²) in [5.74, 6) is 1.61. The van der Waals surface area contributed by atoms with Gasteiger partial charge in [-0.15, -0.1) is 0 Å². The molecule has 0 fully saturated rings. The number of benzene rings is 3. The van der Waals surface area contributed by atoms with E-state index < -0.39 is 0 Å². The second-order valence-corrected chi connectivity index (χ2v) is 8.37. The Hall–Kier alpha value is -3.92. The van der Waals surface area contributed by atoms with Crippen LogP contribution in [-0.4, -0.2) is 15.6 Å². The second kappa shape index (κ2) is 7.65. The molecule has 32 heavy (non-hydrogen) atoms. The predicted molar refractivity (Wildman–Crippen MR) is 128 cm³/mol. The van der Waals surface area contributed by atoms with Gasteiger partial charge in [-0.1, -0.05) is 65.7 Å². The van der Waals surface area contributed by atoms with Crippen molar-refractivity contribution in [2.24, 2.45) is 7.05 Å². The van der Waals surface area contributed by atoms with Crippen molar-refractivity contribution < 1.29 is 9.53 Å². The van der Waals surface area contributed by atoms with E-state index in [0.29, 0.717) is 5.56 Å². The van der Waals surface area contributed by atoms with Crippen LogP contribution >= 0.6 is 0 Å². The SMILES string of the molecule is CC(=O)c1ccc(C(=C2Oc3ccc(C)cc3-c3nn(C)cc32)c2ccc(C)cc2)cc1. The summed E-state index contributed by atoms with van der Waals surface area (Å²) in [7, 11) is 1.93. The third-order valence-electron chi connectivity index (χ3n) is 5.82. The number of hydrogen-bond acceptors (Lipinski definition) is 3. The monoisotopic (exact) mass is 420 g/mol. The third kappa shape index (κ3) is 3.44. The molecule has 0 saturated heterocycles. The number of ketones is 1. The Balaban J connectivity index is 1.80. The molecule has 3 aromatic carbocycles. The van der Waals surface area contributed by atoms with Gasteiger partial charge in [-0.25, -0.2) is 0 Å². The Morgan fingerprint density at radius 1 is 0.812 bits per heavy atom. The minimum absolute atomic E-state index is 0.0499. The molecule has 1 aliphatic rings.